The molecule has 0 aliphatic heterocycles. The van der Waals surface area contributed by atoms with E-state index in [2.05, 4.69) is 4.98 Å². The van der Waals surface area contributed by atoms with Gasteiger partial charge in [0.15, 0.2) is 0 Å². The van der Waals surface area contributed by atoms with Crippen molar-refractivity contribution >= 4 is 58.0 Å². The SMILES string of the molecule is COc1ccnc(-c2c(Cl)c(Cl)c(Cl)c(Cl)c2Cl)c1. The van der Waals surface area contributed by atoms with E-state index in [0.717, 1.165) is 0 Å². The van der Waals surface area contributed by atoms with Crippen LogP contribution in [0, 0.1) is 0 Å². The van der Waals surface area contributed by atoms with Gasteiger partial charge in [0, 0.05) is 17.8 Å². The third-order valence-corrected chi connectivity index (χ3v) is 4.71. The Kier molecular flexibility index (Phi) is 4.70. The minimum absolute atomic E-state index is 0.116. The molecule has 0 fully saturated rings. The first kappa shape index (κ1) is 15.0. The molecule has 0 N–H and O–H groups in total. The Morgan fingerprint density at radius 2 is 1.42 bits per heavy atom. The smallest absolute Gasteiger partial charge is 0.122 e. The second-order valence-electron chi connectivity index (χ2n) is 3.53. The fourth-order valence-corrected chi connectivity index (χ4v) is 2.84. The summed E-state index contributed by atoms with van der Waals surface area (Å²) in [7, 11) is 1.55. The predicted octanol–water partition coefficient (Wildman–Crippen LogP) is 6.02. The Balaban J connectivity index is 2.75. The molecule has 0 spiro atoms. The summed E-state index contributed by atoms with van der Waals surface area (Å²) >= 11 is 30.3. The molecule has 1 aromatic heterocycles. The van der Waals surface area contributed by atoms with Gasteiger partial charge in [0.25, 0.3) is 0 Å². The zero-order valence-corrected chi connectivity index (χ0v) is 13.3. The summed E-state index contributed by atoms with van der Waals surface area (Å²) in [6.45, 7) is 0. The first-order chi connectivity index (χ1) is 8.97. The fourth-order valence-electron chi connectivity index (χ4n) is 1.50. The highest BCUT2D eigenvalue weighted by Gasteiger charge is 2.21. The van der Waals surface area contributed by atoms with Crippen LogP contribution < -0.4 is 4.74 Å². The highest BCUT2D eigenvalue weighted by atomic mass is 35.5. The molecule has 0 saturated heterocycles. The number of hydrogen-bond donors (Lipinski definition) is 0. The van der Waals surface area contributed by atoms with E-state index in [1.54, 1.807) is 25.4 Å². The topological polar surface area (TPSA) is 22.1 Å². The molecular weight excluding hydrogens is 351 g/mol. The van der Waals surface area contributed by atoms with Crippen molar-refractivity contribution in [2.45, 2.75) is 0 Å². The summed E-state index contributed by atoms with van der Waals surface area (Å²) in [6.07, 6.45) is 1.57. The lowest BCUT2D eigenvalue weighted by atomic mass is 10.1. The number of hydrogen-bond acceptors (Lipinski definition) is 2. The van der Waals surface area contributed by atoms with Gasteiger partial charge in [0.05, 0.1) is 37.9 Å². The van der Waals surface area contributed by atoms with Crippen LogP contribution in [0.15, 0.2) is 18.3 Å². The lowest BCUT2D eigenvalue weighted by Crippen LogP contribution is -1.91. The first-order valence-electron chi connectivity index (χ1n) is 4.99. The van der Waals surface area contributed by atoms with Crippen molar-refractivity contribution in [1.82, 2.24) is 4.98 Å². The molecule has 0 aliphatic carbocycles. The Labute approximate surface area is 135 Å². The maximum Gasteiger partial charge on any atom is 0.122 e. The van der Waals surface area contributed by atoms with Crippen LogP contribution in [0.4, 0.5) is 0 Å². The number of halogens is 5. The van der Waals surface area contributed by atoms with E-state index >= 15 is 0 Å². The number of methoxy groups -OCH3 is 1. The predicted molar refractivity (Wildman–Crippen MR) is 81.3 cm³/mol. The van der Waals surface area contributed by atoms with Gasteiger partial charge in [-0.05, 0) is 6.07 Å². The normalized spacial score (nSPS) is 10.6. The van der Waals surface area contributed by atoms with Gasteiger partial charge in [-0.1, -0.05) is 58.0 Å². The van der Waals surface area contributed by atoms with Gasteiger partial charge in [-0.3, -0.25) is 4.98 Å². The summed E-state index contributed by atoms with van der Waals surface area (Å²) < 4.78 is 5.12. The lowest BCUT2D eigenvalue weighted by molar-refractivity contribution is 0.414. The Morgan fingerprint density at radius 3 is 1.95 bits per heavy atom. The molecule has 100 valence electrons. The molecule has 2 nitrogen and oxygen atoms in total. The number of benzene rings is 1. The van der Waals surface area contributed by atoms with Crippen LogP contribution >= 0.6 is 58.0 Å². The van der Waals surface area contributed by atoms with Crippen LogP contribution in [-0.4, -0.2) is 12.1 Å². The van der Waals surface area contributed by atoms with Gasteiger partial charge in [0.2, 0.25) is 0 Å². The van der Waals surface area contributed by atoms with Crippen LogP contribution in [0.25, 0.3) is 11.3 Å². The minimum Gasteiger partial charge on any atom is -0.497 e. The third-order valence-electron chi connectivity index (χ3n) is 2.43. The number of ether oxygens (including phenoxy) is 1. The Hall–Kier alpha value is -0.380. The van der Waals surface area contributed by atoms with E-state index in [1.165, 1.54) is 0 Å². The highest BCUT2D eigenvalue weighted by Crippen LogP contribution is 2.47. The van der Waals surface area contributed by atoms with E-state index < -0.39 is 0 Å². The van der Waals surface area contributed by atoms with Gasteiger partial charge in [-0.15, -0.1) is 0 Å². The Morgan fingerprint density at radius 1 is 0.895 bits per heavy atom. The second kappa shape index (κ2) is 5.94. The standard InChI is InChI=1S/C12H6Cl5NO/c1-19-5-2-3-18-6(4-5)7-8(13)10(15)12(17)11(16)9(7)14/h2-4H,1H3. The van der Waals surface area contributed by atoms with Crippen LogP contribution in [0.5, 0.6) is 5.75 Å². The van der Waals surface area contributed by atoms with Crippen molar-refractivity contribution in [3.05, 3.63) is 43.4 Å². The number of pyridine rings is 1. The van der Waals surface area contributed by atoms with E-state index in [1.807, 2.05) is 0 Å². The third kappa shape index (κ3) is 2.74. The number of aromatic nitrogens is 1. The number of rotatable bonds is 2. The zero-order chi connectivity index (χ0) is 14.2. The molecule has 1 heterocycles. The molecule has 0 aliphatic rings. The highest BCUT2D eigenvalue weighted by molar-refractivity contribution is 6.56. The maximum atomic E-state index is 6.17. The molecule has 2 aromatic rings. The van der Waals surface area contributed by atoms with Crippen molar-refractivity contribution in [3.63, 3.8) is 0 Å². The van der Waals surface area contributed by atoms with Crippen LogP contribution in [0.2, 0.25) is 25.1 Å². The molecule has 0 unspecified atom stereocenters. The van der Waals surface area contributed by atoms with Gasteiger partial charge in [-0.25, -0.2) is 0 Å². The van der Waals surface area contributed by atoms with E-state index in [4.69, 9.17) is 62.7 Å². The summed E-state index contributed by atoms with van der Waals surface area (Å²) in [6, 6.07) is 3.37. The minimum atomic E-state index is 0.116. The maximum absolute atomic E-state index is 6.17. The largest absolute Gasteiger partial charge is 0.497 e. The molecule has 2 rings (SSSR count). The van der Waals surface area contributed by atoms with Gasteiger partial charge in [-0.2, -0.15) is 0 Å². The average molecular weight is 357 g/mol. The van der Waals surface area contributed by atoms with Crippen molar-refractivity contribution in [2.24, 2.45) is 0 Å². The first-order valence-corrected chi connectivity index (χ1v) is 6.88. The van der Waals surface area contributed by atoms with Crippen molar-refractivity contribution < 1.29 is 4.74 Å². The van der Waals surface area contributed by atoms with E-state index in [0.29, 0.717) is 17.0 Å². The molecular formula is C12H6Cl5NO. The summed E-state index contributed by atoms with van der Waals surface area (Å²) in [5, 5.41) is 0.781. The molecule has 0 radical (unpaired) electrons. The molecule has 0 bridgehead atoms. The van der Waals surface area contributed by atoms with Gasteiger partial charge < -0.3 is 4.74 Å². The molecule has 19 heavy (non-hydrogen) atoms. The van der Waals surface area contributed by atoms with E-state index in [9.17, 15) is 0 Å². The zero-order valence-electron chi connectivity index (χ0n) is 9.48. The average Bonchev–Trinajstić information content (AvgIpc) is 2.43. The molecule has 0 amide bonds. The summed E-state index contributed by atoms with van der Waals surface area (Å²) in [4.78, 5) is 4.18. The van der Waals surface area contributed by atoms with Crippen molar-refractivity contribution in [3.8, 4) is 17.0 Å². The summed E-state index contributed by atoms with van der Waals surface area (Å²) in [5.41, 5.74) is 0.913. The number of nitrogens with zero attached hydrogens (tertiary/aromatic N) is 1. The van der Waals surface area contributed by atoms with Gasteiger partial charge >= 0.3 is 0 Å². The molecule has 0 atom stereocenters. The van der Waals surface area contributed by atoms with Crippen molar-refractivity contribution in [2.75, 3.05) is 7.11 Å². The molecule has 0 saturated carbocycles. The Bertz CT molecular complexity index is 615. The summed E-state index contributed by atoms with van der Waals surface area (Å²) in [5.74, 6) is 0.610. The van der Waals surface area contributed by atoms with E-state index in [-0.39, 0.29) is 25.1 Å². The van der Waals surface area contributed by atoms with Crippen LogP contribution in [0.3, 0.4) is 0 Å². The quantitative estimate of drug-likeness (QED) is 0.484. The molecule has 1 aromatic carbocycles. The van der Waals surface area contributed by atoms with Crippen LogP contribution in [-0.2, 0) is 0 Å². The fraction of sp³-hybridized carbons (Fsp3) is 0.0833. The monoisotopic (exact) mass is 355 g/mol. The lowest BCUT2D eigenvalue weighted by Gasteiger charge is -2.12. The van der Waals surface area contributed by atoms with Crippen molar-refractivity contribution in [1.29, 1.82) is 0 Å². The van der Waals surface area contributed by atoms with Crippen LogP contribution in [0.1, 0.15) is 0 Å². The van der Waals surface area contributed by atoms with Gasteiger partial charge in [0.1, 0.15) is 5.75 Å². The molecule has 7 heteroatoms. The second-order valence-corrected chi connectivity index (χ2v) is 5.42.